The first-order valence-corrected chi connectivity index (χ1v) is 10.1. The molecule has 2 aliphatic rings. The Labute approximate surface area is 146 Å². The van der Waals surface area contributed by atoms with Gasteiger partial charge in [0.15, 0.2) is 9.84 Å². The van der Waals surface area contributed by atoms with E-state index in [4.69, 9.17) is 0 Å². The van der Waals surface area contributed by atoms with Crippen LogP contribution in [0.5, 0.6) is 0 Å². The number of sulfone groups is 1. The van der Waals surface area contributed by atoms with Crippen LogP contribution in [0.15, 0.2) is 24.3 Å². The van der Waals surface area contributed by atoms with Crippen molar-refractivity contribution in [2.75, 3.05) is 37.7 Å². The van der Waals surface area contributed by atoms with Crippen molar-refractivity contribution in [3.63, 3.8) is 0 Å². The summed E-state index contributed by atoms with van der Waals surface area (Å²) in [6, 6.07) is 6.10. The van der Waals surface area contributed by atoms with Crippen molar-refractivity contribution < 1.29 is 18.1 Å². The van der Waals surface area contributed by atoms with Crippen LogP contribution in [0.2, 0.25) is 0 Å². The summed E-state index contributed by atoms with van der Waals surface area (Å²) >= 11 is 0. The van der Waals surface area contributed by atoms with Crippen LogP contribution in [0, 0.1) is 10.1 Å². The number of nitrogens with zero attached hydrogens (tertiary/aromatic N) is 3. The molecule has 25 heavy (non-hydrogen) atoms. The number of rotatable bonds is 4. The fourth-order valence-electron chi connectivity index (χ4n) is 3.42. The molecule has 2 aliphatic heterocycles. The van der Waals surface area contributed by atoms with Gasteiger partial charge in [-0.3, -0.25) is 19.8 Å². The fourth-order valence-corrected chi connectivity index (χ4v) is 5.18. The van der Waals surface area contributed by atoms with Gasteiger partial charge in [-0.1, -0.05) is 12.1 Å². The molecule has 1 unspecified atom stereocenters. The number of hydrogen-bond donors (Lipinski definition) is 0. The maximum atomic E-state index is 12.4. The zero-order valence-corrected chi connectivity index (χ0v) is 14.7. The molecule has 0 saturated carbocycles. The van der Waals surface area contributed by atoms with Crippen molar-refractivity contribution >= 4 is 21.4 Å². The molecule has 1 aromatic carbocycles. The predicted octanol–water partition coefficient (Wildman–Crippen LogP) is 0.469. The van der Waals surface area contributed by atoms with Gasteiger partial charge in [0.25, 0.3) is 5.69 Å². The van der Waals surface area contributed by atoms with E-state index in [1.807, 2.05) is 0 Å². The van der Waals surface area contributed by atoms with Crippen molar-refractivity contribution in [1.29, 1.82) is 0 Å². The highest BCUT2D eigenvalue weighted by Crippen LogP contribution is 2.20. The van der Waals surface area contributed by atoms with Crippen molar-refractivity contribution in [3.05, 3.63) is 39.9 Å². The SMILES string of the molecule is O=C(Cc1ccc([N+](=O)[O-])cc1)N1CCN(C2CCS(=O)(=O)C2)CC1. The van der Waals surface area contributed by atoms with Crippen molar-refractivity contribution in [3.8, 4) is 0 Å². The van der Waals surface area contributed by atoms with Crippen molar-refractivity contribution in [2.45, 2.75) is 18.9 Å². The standard InChI is InChI=1S/C16H21N3O5S/c20-16(11-13-1-3-14(4-2-13)19(21)22)18-8-6-17(7-9-18)15-5-10-25(23,24)12-15/h1-4,15H,5-12H2. The monoisotopic (exact) mass is 367 g/mol. The molecule has 8 nitrogen and oxygen atoms in total. The summed E-state index contributed by atoms with van der Waals surface area (Å²) in [5, 5.41) is 10.6. The zero-order valence-electron chi connectivity index (χ0n) is 13.8. The Hall–Kier alpha value is -2.00. The number of nitro benzene ring substituents is 1. The molecule has 0 radical (unpaired) electrons. The molecule has 0 bridgehead atoms. The summed E-state index contributed by atoms with van der Waals surface area (Å²) < 4.78 is 23.2. The number of hydrogen-bond acceptors (Lipinski definition) is 6. The molecule has 136 valence electrons. The second-order valence-electron chi connectivity index (χ2n) is 6.57. The Balaban J connectivity index is 1.50. The minimum absolute atomic E-state index is 0.00690. The normalized spacial score (nSPS) is 23.5. The number of piperazine rings is 1. The van der Waals surface area contributed by atoms with Gasteiger partial charge in [0.2, 0.25) is 5.91 Å². The maximum Gasteiger partial charge on any atom is 0.269 e. The van der Waals surface area contributed by atoms with Gasteiger partial charge >= 0.3 is 0 Å². The van der Waals surface area contributed by atoms with Gasteiger partial charge in [0, 0.05) is 44.4 Å². The Morgan fingerprint density at radius 1 is 1.16 bits per heavy atom. The fraction of sp³-hybridized carbons (Fsp3) is 0.562. The first-order chi connectivity index (χ1) is 11.8. The molecule has 0 spiro atoms. The number of nitro groups is 1. The summed E-state index contributed by atoms with van der Waals surface area (Å²) in [4.78, 5) is 26.5. The predicted molar refractivity (Wildman–Crippen MR) is 92.0 cm³/mol. The molecular weight excluding hydrogens is 346 g/mol. The lowest BCUT2D eigenvalue weighted by atomic mass is 10.1. The number of non-ortho nitro benzene ring substituents is 1. The Morgan fingerprint density at radius 3 is 2.32 bits per heavy atom. The molecule has 1 atom stereocenters. The quantitative estimate of drug-likeness (QED) is 0.566. The van der Waals surface area contributed by atoms with Crippen LogP contribution in [-0.4, -0.2) is 72.8 Å². The van der Waals surface area contributed by atoms with E-state index in [1.54, 1.807) is 17.0 Å². The van der Waals surface area contributed by atoms with Gasteiger partial charge in [0.1, 0.15) is 0 Å². The molecule has 2 heterocycles. The lowest BCUT2D eigenvalue weighted by Gasteiger charge is -2.37. The average molecular weight is 367 g/mol. The maximum absolute atomic E-state index is 12.4. The lowest BCUT2D eigenvalue weighted by Crippen LogP contribution is -2.52. The topological polar surface area (TPSA) is 101 Å². The zero-order chi connectivity index (χ0) is 18.0. The molecule has 0 aliphatic carbocycles. The Morgan fingerprint density at radius 2 is 1.80 bits per heavy atom. The highest BCUT2D eigenvalue weighted by atomic mass is 32.2. The summed E-state index contributed by atoms with van der Waals surface area (Å²) in [6.07, 6.45) is 0.898. The van der Waals surface area contributed by atoms with Crippen LogP contribution < -0.4 is 0 Å². The van der Waals surface area contributed by atoms with Gasteiger partial charge in [-0.25, -0.2) is 8.42 Å². The third-order valence-electron chi connectivity index (χ3n) is 4.89. The van der Waals surface area contributed by atoms with Gasteiger partial charge in [-0.05, 0) is 12.0 Å². The van der Waals surface area contributed by atoms with Crippen LogP contribution in [-0.2, 0) is 21.1 Å². The molecule has 1 aromatic rings. The molecule has 3 rings (SSSR count). The molecule has 2 fully saturated rings. The third kappa shape index (κ3) is 4.35. The van der Waals surface area contributed by atoms with E-state index < -0.39 is 14.8 Å². The van der Waals surface area contributed by atoms with Crippen LogP contribution >= 0.6 is 0 Å². The van der Waals surface area contributed by atoms with Crippen molar-refractivity contribution in [1.82, 2.24) is 9.80 Å². The summed E-state index contributed by atoms with van der Waals surface area (Å²) in [5.41, 5.74) is 0.760. The van der Waals surface area contributed by atoms with E-state index in [1.165, 1.54) is 12.1 Å². The molecule has 0 N–H and O–H groups in total. The molecule has 9 heteroatoms. The van der Waals surface area contributed by atoms with Gasteiger partial charge < -0.3 is 4.90 Å². The van der Waals surface area contributed by atoms with Crippen LogP contribution in [0.1, 0.15) is 12.0 Å². The summed E-state index contributed by atoms with van der Waals surface area (Å²) in [5.74, 6) is 0.480. The van der Waals surface area contributed by atoms with Crippen molar-refractivity contribution in [2.24, 2.45) is 0 Å². The minimum Gasteiger partial charge on any atom is -0.340 e. The Kier molecular flexibility index (Phi) is 5.05. The number of carbonyl (C=O) groups excluding carboxylic acids is 1. The lowest BCUT2D eigenvalue weighted by molar-refractivity contribution is -0.384. The average Bonchev–Trinajstić information content (AvgIpc) is 2.95. The first kappa shape index (κ1) is 17.8. The number of amides is 1. The third-order valence-corrected chi connectivity index (χ3v) is 6.64. The van der Waals surface area contributed by atoms with E-state index in [0.717, 1.165) is 5.56 Å². The molecule has 1 amide bonds. The molecular formula is C16H21N3O5S. The highest BCUT2D eigenvalue weighted by molar-refractivity contribution is 7.91. The second kappa shape index (κ2) is 7.09. The van der Waals surface area contributed by atoms with E-state index >= 15 is 0 Å². The van der Waals surface area contributed by atoms with Gasteiger partial charge in [0.05, 0.1) is 22.8 Å². The van der Waals surface area contributed by atoms with Crippen LogP contribution in [0.4, 0.5) is 5.69 Å². The minimum atomic E-state index is -2.90. The summed E-state index contributed by atoms with van der Waals surface area (Å²) in [7, 11) is -2.90. The van der Waals surface area contributed by atoms with E-state index in [-0.39, 0.29) is 35.6 Å². The smallest absolute Gasteiger partial charge is 0.269 e. The van der Waals surface area contributed by atoms with Crippen LogP contribution in [0.25, 0.3) is 0 Å². The number of carbonyl (C=O) groups is 1. The van der Waals surface area contributed by atoms with E-state index in [2.05, 4.69) is 4.90 Å². The molecule has 0 aromatic heterocycles. The first-order valence-electron chi connectivity index (χ1n) is 8.30. The number of benzene rings is 1. The second-order valence-corrected chi connectivity index (χ2v) is 8.80. The van der Waals surface area contributed by atoms with Gasteiger partial charge in [-0.2, -0.15) is 0 Å². The van der Waals surface area contributed by atoms with Crippen LogP contribution in [0.3, 0.4) is 0 Å². The van der Waals surface area contributed by atoms with E-state index in [9.17, 15) is 23.3 Å². The Bertz CT molecular complexity index is 754. The molecule has 2 saturated heterocycles. The highest BCUT2D eigenvalue weighted by Gasteiger charge is 2.34. The summed E-state index contributed by atoms with van der Waals surface area (Å²) in [6.45, 7) is 2.54. The van der Waals surface area contributed by atoms with Gasteiger partial charge in [-0.15, -0.1) is 0 Å². The largest absolute Gasteiger partial charge is 0.340 e. The van der Waals surface area contributed by atoms with E-state index in [0.29, 0.717) is 32.6 Å².